The van der Waals surface area contributed by atoms with E-state index in [-0.39, 0.29) is 16.8 Å². The van der Waals surface area contributed by atoms with E-state index in [0.29, 0.717) is 16.9 Å². The van der Waals surface area contributed by atoms with E-state index in [1.54, 1.807) is 42.5 Å². The number of nitrogens with one attached hydrogen (secondary N) is 4. The van der Waals surface area contributed by atoms with Crippen LogP contribution in [0.2, 0.25) is 0 Å². The smallest absolute Gasteiger partial charge is 0.318 e. The third-order valence-electron chi connectivity index (χ3n) is 3.52. The summed E-state index contributed by atoms with van der Waals surface area (Å²) in [5.41, 5.74) is 1.85. The van der Waals surface area contributed by atoms with E-state index in [0.717, 1.165) is 0 Å². The summed E-state index contributed by atoms with van der Waals surface area (Å²) < 4.78 is 25.6. The molecule has 0 bridgehead atoms. The van der Waals surface area contributed by atoms with Crippen molar-refractivity contribution in [3.63, 3.8) is 0 Å². The van der Waals surface area contributed by atoms with Crippen molar-refractivity contribution in [2.24, 2.45) is 0 Å². The lowest BCUT2D eigenvalue weighted by atomic mass is 10.2. The molecule has 0 spiro atoms. The molecule has 2 aromatic rings. The Bertz CT molecular complexity index is 936. The monoisotopic (exact) mass is 388 g/mol. The molecular formula is C18H20N4O4S. The molecule has 9 heteroatoms. The molecule has 2 rings (SSSR count). The molecule has 142 valence electrons. The van der Waals surface area contributed by atoms with E-state index in [1.165, 1.54) is 32.3 Å². The number of urea groups is 1. The fourth-order valence-corrected chi connectivity index (χ4v) is 2.79. The van der Waals surface area contributed by atoms with Gasteiger partial charge in [-0.1, -0.05) is 12.1 Å². The van der Waals surface area contributed by atoms with Crippen molar-refractivity contribution in [1.82, 2.24) is 10.0 Å². The Labute approximate surface area is 157 Å². The fourth-order valence-electron chi connectivity index (χ4n) is 2.06. The summed E-state index contributed by atoms with van der Waals surface area (Å²) in [5.74, 6) is -0.339. The molecule has 0 saturated carbocycles. The van der Waals surface area contributed by atoms with Crippen LogP contribution < -0.4 is 20.7 Å². The van der Waals surface area contributed by atoms with Gasteiger partial charge in [0.05, 0.1) is 4.90 Å². The summed E-state index contributed by atoms with van der Waals surface area (Å²) in [6.45, 7) is 0. The highest BCUT2D eigenvalue weighted by molar-refractivity contribution is 7.89. The van der Waals surface area contributed by atoms with Crippen LogP contribution in [-0.4, -0.2) is 34.5 Å². The highest BCUT2D eigenvalue weighted by Gasteiger charge is 2.09. The number of benzene rings is 2. The van der Waals surface area contributed by atoms with Gasteiger partial charge in [0.15, 0.2) is 0 Å². The number of anilines is 2. The number of rotatable bonds is 6. The van der Waals surface area contributed by atoms with Gasteiger partial charge in [-0.3, -0.25) is 4.79 Å². The predicted octanol–water partition coefficient (Wildman–Crippen LogP) is 2.00. The average Bonchev–Trinajstić information content (AvgIpc) is 2.68. The van der Waals surface area contributed by atoms with E-state index in [1.807, 2.05) is 0 Å². The number of amides is 3. The molecule has 0 unspecified atom stereocenters. The second-order valence-electron chi connectivity index (χ2n) is 5.38. The number of carbonyl (C=O) groups is 2. The zero-order chi connectivity index (χ0) is 19.9. The Balaban J connectivity index is 1.96. The molecule has 0 aliphatic heterocycles. The van der Waals surface area contributed by atoms with Gasteiger partial charge < -0.3 is 16.0 Å². The quantitative estimate of drug-likeness (QED) is 0.566. The Morgan fingerprint density at radius 1 is 0.852 bits per heavy atom. The third kappa shape index (κ3) is 5.94. The van der Waals surface area contributed by atoms with Gasteiger partial charge in [-0.2, -0.15) is 0 Å². The molecule has 3 amide bonds. The van der Waals surface area contributed by atoms with E-state index in [2.05, 4.69) is 20.7 Å². The van der Waals surface area contributed by atoms with Gasteiger partial charge in [0.25, 0.3) is 0 Å². The van der Waals surface area contributed by atoms with E-state index < -0.39 is 10.0 Å². The summed E-state index contributed by atoms with van der Waals surface area (Å²) in [6.07, 6.45) is 2.92. The predicted molar refractivity (Wildman–Crippen MR) is 105 cm³/mol. The molecule has 0 radical (unpaired) electrons. The molecular weight excluding hydrogens is 368 g/mol. The SMILES string of the molecule is CNC(=O)Nc1ccc(NC(=O)/C=C/c2ccc(S(=O)(=O)NC)cc2)cc1. The maximum absolute atomic E-state index is 12.0. The van der Waals surface area contributed by atoms with Crippen LogP contribution in [0.3, 0.4) is 0 Å². The minimum atomic E-state index is -3.48. The van der Waals surface area contributed by atoms with Crippen molar-refractivity contribution in [2.75, 3.05) is 24.7 Å². The number of hydrogen-bond acceptors (Lipinski definition) is 4. The normalized spacial score (nSPS) is 11.2. The zero-order valence-corrected chi connectivity index (χ0v) is 15.6. The Hall–Kier alpha value is -3.17. The summed E-state index contributed by atoms with van der Waals surface area (Å²) in [4.78, 5) is 23.4. The average molecular weight is 388 g/mol. The van der Waals surface area contributed by atoms with Crippen LogP contribution in [-0.2, 0) is 14.8 Å². The van der Waals surface area contributed by atoms with Gasteiger partial charge in [-0.25, -0.2) is 17.9 Å². The molecule has 4 N–H and O–H groups in total. The molecule has 8 nitrogen and oxygen atoms in total. The summed E-state index contributed by atoms with van der Waals surface area (Å²) in [6, 6.07) is 12.4. The first-order valence-electron chi connectivity index (χ1n) is 7.95. The topological polar surface area (TPSA) is 116 Å². The molecule has 0 heterocycles. The van der Waals surface area contributed by atoms with Crippen LogP contribution in [0.25, 0.3) is 6.08 Å². The van der Waals surface area contributed by atoms with Crippen molar-refractivity contribution in [2.45, 2.75) is 4.90 Å². The highest BCUT2D eigenvalue weighted by atomic mass is 32.2. The largest absolute Gasteiger partial charge is 0.341 e. The first-order valence-corrected chi connectivity index (χ1v) is 9.44. The standard InChI is InChI=1S/C18H20N4O4S/c1-19-18(24)22-15-8-6-14(7-9-15)21-17(23)12-5-13-3-10-16(11-4-13)27(25,26)20-2/h3-12,20H,1-2H3,(H,21,23)(H2,19,22,24)/b12-5+. The summed E-state index contributed by atoms with van der Waals surface area (Å²) in [7, 11) is -0.624. The van der Waals surface area contributed by atoms with Crippen molar-refractivity contribution in [1.29, 1.82) is 0 Å². The second kappa shape index (κ2) is 8.97. The lowest BCUT2D eigenvalue weighted by Crippen LogP contribution is -2.24. The Kier molecular flexibility index (Phi) is 6.69. The highest BCUT2D eigenvalue weighted by Crippen LogP contribution is 2.14. The number of sulfonamides is 1. The minimum absolute atomic E-state index is 0.150. The number of carbonyl (C=O) groups excluding carboxylic acids is 2. The van der Waals surface area contributed by atoms with Crippen LogP contribution in [0.1, 0.15) is 5.56 Å². The third-order valence-corrected chi connectivity index (χ3v) is 4.95. The van der Waals surface area contributed by atoms with Gasteiger partial charge in [-0.15, -0.1) is 0 Å². The second-order valence-corrected chi connectivity index (χ2v) is 7.27. The van der Waals surface area contributed by atoms with Gasteiger partial charge in [0.1, 0.15) is 0 Å². The summed E-state index contributed by atoms with van der Waals surface area (Å²) >= 11 is 0. The van der Waals surface area contributed by atoms with Crippen molar-refractivity contribution in [3.8, 4) is 0 Å². The van der Waals surface area contributed by atoms with Crippen LogP contribution >= 0.6 is 0 Å². The van der Waals surface area contributed by atoms with E-state index in [4.69, 9.17) is 0 Å². The lowest BCUT2D eigenvalue weighted by Gasteiger charge is -2.06. The Morgan fingerprint density at radius 2 is 1.41 bits per heavy atom. The van der Waals surface area contributed by atoms with Crippen molar-refractivity contribution >= 4 is 39.4 Å². The summed E-state index contributed by atoms with van der Waals surface area (Å²) in [5, 5.41) is 7.75. The van der Waals surface area contributed by atoms with Crippen molar-refractivity contribution in [3.05, 3.63) is 60.2 Å². The first kappa shape index (κ1) is 20.1. The van der Waals surface area contributed by atoms with Gasteiger partial charge in [-0.05, 0) is 55.1 Å². The zero-order valence-electron chi connectivity index (χ0n) is 14.8. The molecule has 2 aromatic carbocycles. The van der Waals surface area contributed by atoms with Crippen LogP contribution in [0, 0.1) is 0 Å². The first-order chi connectivity index (χ1) is 12.8. The maximum Gasteiger partial charge on any atom is 0.318 e. The molecule has 0 atom stereocenters. The number of hydrogen-bond donors (Lipinski definition) is 4. The van der Waals surface area contributed by atoms with E-state index in [9.17, 15) is 18.0 Å². The van der Waals surface area contributed by atoms with Crippen LogP contribution in [0.4, 0.5) is 16.2 Å². The van der Waals surface area contributed by atoms with E-state index >= 15 is 0 Å². The Morgan fingerprint density at radius 3 is 1.93 bits per heavy atom. The minimum Gasteiger partial charge on any atom is -0.341 e. The molecule has 0 aliphatic carbocycles. The van der Waals surface area contributed by atoms with Crippen LogP contribution in [0.5, 0.6) is 0 Å². The molecule has 0 aliphatic rings. The lowest BCUT2D eigenvalue weighted by molar-refractivity contribution is -0.111. The molecule has 27 heavy (non-hydrogen) atoms. The molecule has 0 fully saturated rings. The van der Waals surface area contributed by atoms with Gasteiger partial charge in [0.2, 0.25) is 15.9 Å². The van der Waals surface area contributed by atoms with Crippen LogP contribution in [0.15, 0.2) is 59.5 Å². The molecule has 0 saturated heterocycles. The van der Waals surface area contributed by atoms with Gasteiger partial charge in [0, 0.05) is 24.5 Å². The van der Waals surface area contributed by atoms with Crippen molar-refractivity contribution < 1.29 is 18.0 Å². The van der Waals surface area contributed by atoms with Gasteiger partial charge >= 0.3 is 6.03 Å². The molecule has 0 aromatic heterocycles. The fraction of sp³-hybridized carbons (Fsp3) is 0.111. The maximum atomic E-state index is 12.0.